The van der Waals surface area contributed by atoms with Crippen molar-refractivity contribution in [2.24, 2.45) is 0 Å². The lowest BCUT2D eigenvalue weighted by Crippen LogP contribution is -2.49. The Balaban J connectivity index is 0.984. The van der Waals surface area contributed by atoms with Crippen LogP contribution in [0.4, 0.5) is 0 Å². The van der Waals surface area contributed by atoms with Crippen LogP contribution in [-0.4, -0.2) is 108 Å². The minimum Gasteiger partial charge on any atom is -0.358 e. The average Bonchev–Trinajstić information content (AvgIpc) is 3.41. The van der Waals surface area contributed by atoms with Gasteiger partial charge in [0.25, 0.3) is 5.91 Å². The number of rotatable bonds is 10. The number of likely N-dealkylation sites (N-methyl/N-ethyl adjacent to an activating group) is 1. The molecule has 48 heavy (non-hydrogen) atoms. The molecule has 0 radical (unpaired) electrons. The van der Waals surface area contributed by atoms with Crippen molar-refractivity contribution in [3.8, 4) is 0 Å². The van der Waals surface area contributed by atoms with Crippen molar-refractivity contribution in [1.82, 2.24) is 29.6 Å². The van der Waals surface area contributed by atoms with Crippen LogP contribution in [0.25, 0.3) is 21.8 Å². The fraction of sp³-hybridized carbons (Fsp3) is 0.415. The van der Waals surface area contributed by atoms with Crippen molar-refractivity contribution in [1.29, 1.82) is 0 Å². The molecule has 0 bridgehead atoms. The summed E-state index contributed by atoms with van der Waals surface area (Å²) < 4.78 is 0. The summed E-state index contributed by atoms with van der Waals surface area (Å²) in [6, 6.07) is 26.2. The molecule has 0 spiro atoms. The summed E-state index contributed by atoms with van der Waals surface area (Å²) in [7, 11) is 2.22. The molecular formula is C41H50N6O. The zero-order chi connectivity index (χ0) is 33.0. The molecule has 7 rings (SSSR count). The molecule has 2 aliphatic heterocycles. The number of nitrogens with one attached hydrogen (secondary N) is 1. The van der Waals surface area contributed by atoms with Crippen molar-refractivity contribution in [3.63, 3.8) is 0 Å². The highest BCUT2D eigenvalue weighted by molar-refractivity contribution is 5.94. The lowest BCUT2D eigenvalue weighted by atomic mass is 9.86. The number of pyridine rings is 1. The number of H-pyrrole nitrogens is 1. The fourth-order valence-corrected chi connectivity index (χ4v) is 7.59. The van der Waals surface area contributed by atoms with E-state index in [0.717, 1.165) is 95.8 Å². The van der Waals surface area contributed by atoms with Gasteiger partial charge in [0, 0.05) is 98.6 Å². The number of benzene rings is 3. The number of aromatic nitrogens is 2. The summed E-state index contributed by atoms with van der Waals surface area (Å²) in [4.78, 5) is 31.1. The number of hydrogen-bond donors (Lipinski definition) is 1. The van der Waals surface area contributed by atoms with Crippen LogP contribution >= 0.6 is 0 Å². The van der Waals surface area contributed by atoms with E-state index in [-0.39, 0.29) is 5.91 Å². The van der Waals surface area contributed by atoms with Crippen LogP contribution in [0.15, 0.2) is 79.0 Å². The van der Waals surface area contributed by atoms with E-state index >= 15 is 0 Å². The van der Waals surface area contributed by atoms with Gasteiger partial charge in [-0.05, 0) is 111 Å². The molecule has 0 saturated carbocycles. The molecule has 2 aromatic heterocycles. The number of piperazine rings is 2. The highest BCUT2D eigenvalue weighted by Gasteiger charge is 2.23. The first-order valence-corrected chi connectivity index (χ1v) is 17.9. The molecule has 1 atom stereocenters. The first-order chi connectivity index (χ1) is 23.4. The van der Waals surface area contributed by atoms with E-state index in [1.807, 2.05) is 17.2 Å². The molecule has 1 N–H and O–H groups in total. The maximum atomic E-state index is 13.6. The summed E-state index contributed by atoms with van der Waals surface area (Å²) in [5, 5.41) is 2.51. The number of fused-ring (bicyclic) bond motifs is 2. The highest BCUT2D eigenvalue weighted by Crippen LogP contribution is 2.33. The standard InChI is InChI=1S/C41H50N6O/c1-30-31(2)43-40-15-13-35(29-38(30)40)37(7-5-18-45-22-20-44(3)21-23-45)33-9-11-34(12-10-33)41(48)47-26-24-46(25-27-47)19-16-32-8-14-39-36(28-32)6-4-17-42-39/h4,6,8-15,17,28-29,37,43H,5,7,16,18-27H2,1-3H3. The quantitative estimate of drug-likeness (QED) is 0.189. The molecule has 7 nitrogen and oxygen atoms in total. The molecule has 2 fully saturated rings. The molecular weight excluding hydrogens is 592 g/mol. The van der Waals surface area contributed by atoms with Crippen LogP contribution in [-0.2, 0) is 6.42 Å². The summed E-state index contributed by atoms with van der Waals surface area (Å²) in [6.45, 7) is 14.5. The SMILES string of the molecule is Cc1[nH]c2ccc(C(CCCN3CCN(C)CC3)c3ccc(C(=O)N4CCN(CCc5ccc6ncccc6c5)CC4)cc3)cc2c1C. The number of nitrogens with zero attached hydrogens (tertiary/aromatic N) is 5. The first-order valence-electron chi connectivity index (χ1n) is 17.9. The topological polar surface area (TPSA) is 58.7 Å². The third-order valence-electron chi connectivity index (χ3n) is 10.9. The minimum atomic E-state index is 0.148. The second-order valence-corrected chi connectivity index (χ2v) is 14.1. The minimum absolute atomic E-state index is 0.148. The van der Waals surface area contributed by atoms with E-state index in [9.17, 15) is 4.79 Å². The average molecular weight is 643 g/mol. The van der Waals surface area contributed by atoms with Gasteiger partial charge in [-0.1, -0.05) is 30.3 Å². The van der Waals surface area contributed by atoms with Gasteiger partial charge in [0.15, 0.2) is 0 Å². The van der Waals surface area contributed by atoms with Crippen LogP contribution in [0.1, 0.15) is 57.1 Å². The second kappa shape index (κ2) is 14.6. The monoisotopic (exact) mass is 642 g/mol. The Morgan fingerprint density at radius 3 is 2.33 bits per heavy atom. The van der Waals surface area contributed by atoms with E-state index in [2.05, 4.69) is 112 Å². The van der Waals surface area contributed by atoms with Gasteiger partial charge in [-0.2, -0.15) is 0 Å². The molecule has 0 aliphatic carbocycles. The Morgan fingerprint density at radius 2 is 1.54 bits per heavy atom. The van der Waals surface area contributed by atoms with Crippen LogP contribution in [0.2, 0.25) is 0 Å². The zero-order valence-corrected chi connectivity index (χ0v) is 28.9. The van der Waals surface area contributed by atoms with Gasteiger partial charge in [0.05, 0.1) is 5.52 Å². The lowest BCUT2D eigenvalue weighted by Gasteiger charge is -2.35. The number of carbonyl (C=O) groups is 1. The number of hydrogen-bond acceptors (Lipinski definition) is 5. The Bertz CT molecular complexity index is 1850. The predicted molar refractivity (Wildman–Crippen MR) is 197 cm³/mol. The van der Waals surface area contributed by atoms with Gasteiger partial charge in [-0.3, -0.25) is 14.7 Å². The van der Waals surface area contributed by atoms with E-state index < -0.39 is 0 Å². The van der Waals surface area contributed by atoms with Crippen molar-refractivity contribution in [2.75, 3.05) is 72.5 Å². The summed E-state index contributed by atoms with van der Waals surface area (Å²) in [5.74, 6) is 0.442. The molecule has 7 heteroatoms. The molecule has 5 aromatic rings. The van der Waals surface area contributed by atoms with E-state index in [0.29, 0.717) is 5.92 Å². The predicted octanol–water partition coefficient (Wildman–Crippen LogP) is 6.49. The molecule has 2 aliphatic rings. The number of carbonyl (C=O) groups excluding carboxylic acids is 1. The summed E-state index contributed by atoms with van der Waals surface area (Å²) >= 11 is 0. The van der Waals surface area contributed by atoms with E-state index in [1.165, 1.54) is 44.2 Å². The number of amides is 1. The molecule has 1 amide bonds. The third-order valence-corrected chi connectivity index (χ3v) is 10.9. The summed E-state index contributed by atoms with van der Waals surface area (Å²) in [5.41, 5.74) is 9.60. The van der Waals surface area contributed by atoms with Gasteiger partial charge in [0.1, 0.15) is 0 Å². The molecule has 3 aromatic carbocycles. The van der Waals surface area contributed by atoms with Crippen molar-refractivity contribution >= 4 is 27.7 Å². The Kier molecular flexibility index (Phi) is 9.89. The largest absolute Gasteiger partial charge is 0.358 e. The normalized spacial score (nSPS) is 17.4. The molecule has 4 heterocycles. The highest BCUT2D eigenvalue weighted by atomic mass is 16.2. The van der Waals surface area contributed by atoms with Crippen LogP contribution in [0.5, 0.6) is 0 Å². The fourth-order valence-electron chi connectivity index (χ4n) is 7.59. The smallest absolute Gasteiger partial charge is 0.253 e. The van der Waals surface area contributed by atoms with Crippen LogP contribution in [0, 0.1) is 13.8 Å². The lowest BCUT2D eigenvalue weighted by molar-refractivity contribution is 0.0638. The van der Waals surface area contributed by atoms with Crippen molar-refractivity contribution in [2.45, 2.75) is 39.0 Å². The third kappa shape index (κ3) is 7.34. The summed E-state index contributed by atoms with van der Waals surface area (Å²) in [6.07, 6.45) is 5.09. The second-order valence-electron chi connectivity index (χ2n) is 14.1. The van der Waals surface area contributed by atoms with Gasteiger partial charge in [-0.25, -0.2) is 0 Å². The number of aromatic amines is 1. The molecule has 250 valence electrons. The number of aryl methyl sites for hydroxylation is 2. The van der Waals surface area contributed by atoms with Crippen LogP contribution < -0.4 is 0 Å². The van der Waals surface area contributed by atoms with E-state index in [4.69, 9.17) is 0 Å². The van der Waals surface area contributed by atoms with Crippen molar-refractivity contribution < 1.29 is 4.79 Å². The van der Waals surface area contributed by atoms with Crippen molar-refractivity contribution in [3.05, 3.63) is 113 Å². The first kappa shape index (κ1) is 32.5. The van der Waals surface area contributed by atoms with Gasteiger partial charge >= 0.3 is 0 Å². The Labute approximate surface area is 285 Å². The van der Waals surface area contributed by atoms with E-state index in [1.54, 1.807) is 0 Å². The molecule has 2 saturated heterocycles. The van der Waals surface area contributed by atoms with Gasteiger partial charge in [-0.15, -0.1) is 0 Å². The zero-order valence-electron chi connectivity index (χ0n) is 28.9. The maximum absolute atomic E-state index is 13.6. The Hall–Kier alpha value is -4.04. The maximum Gasteiger partial charge on any atom is 0.253 e. The van der Waals surface area contributed by atoms with Gasteiger partial charge in [0.2, 0.25) is 0 Å². The molecule has 1 unspecified atom stereocenters. The van der Waals surface area contributed by atoms with Gasteiger partial charge < -0.3 is 19.7 Å². The van der Waals surface area contributed by atoms with Crippen LogP contribution in [0.3, 0.4) is 0 Å². The Morgan fingerprint density at radius 1 is 0.812 bits per heavy atom.